The molecule has 1 aromatic carbocycles. The zero-order valence-corrected chi connectivity index (χ0v) is 11.9. The molecule has 3 rings (SSSR count). The quantitative estimate of drug-likeness (QED) is 0.886. The summed E-state index contributed by atoms with van der Waals surface area (Å²) in [7, 11) is 1.34. The van der Waals surface area contributed by atoms with Crippen molar-refractivity contribution >= 4 is 17.5 Å². The van der Waals surface area contributed by atoms with Crippen molar-refractivity contribution in [1.29, 1.82) is 0 Å². The Balaban J connectivity index is 1.57. The van der Waals surface area contributed by atoms with Gasteiger partial charge >= 0.3 is 6.09 Å². The Morgan fingerprint density at radius 3 is 2.71 bits per heavy atom. The number of carbonyl (C=O) groups excluding carboxylic acids is 1. The summed E-state index contributed by atoms with van der Waals surface area (Å²) in [6, 6.07) is 8.14. The highest BCUT2D eigenvalue weighted by Gasteiger charge is 2.24. The van der Waals surface area contributed by atoms with Gasteiger partial charge in [-0.2, -0.15) is 0 Å². The van der Waals surface area contributed by atoms with Crippen molar-refractivity contribution in [1.82, 2.24) is 9.55 Å². The summed E-state index contributed by atoms with van der Waals surface area (Å²) in [5, 5.41) is 5.98. The van der Waals surface area contributed by atoms with Crippen molar-refractivity contribution in [3.05, 3.63) is 42.5 Å². The van der Waals surface area contributed by atoms with Gasteiger partial charge in [0.25, 0.3) is 0 Å². The van der Waals surface area contributed by atoms with E-state index < -0.39 is 6.09 Å². The normalized spacial score (nSPS) is 13.8. The van der Waals surface area contributed by atoms with E-state index in [1.54, 1.807) is 0 Å². The predicted molar refractivity (Wildman–Crippen MR) is 80.3 cm³/mol. The van der Waals surface area contributed by atoms with Crippen LogP contribution in [0.2, 0.25) is 0 Å². The van der Waals surface area contributed by atoms with E-state index in [2.05, 4.69) is 24.9 Å². The van der Waals surface area contributed by atoms with E-state index in [0.717, 1.165) is 12.2 Å². The molecule has 0 radical (unpaired) electrons. The van der Waals surface area contributed by atoms with Gasteiger partial charge in [-0.1, -0.05) is 0 Å². The molecule has 0 atom stereocenters. The van der Waals surface area contributed by atoms with E-state index in [-0.39, 0.29) is 0 Å². The van der Waals surface area contributed by atoms with Crippen LogP contribution in [0, 0.1) is 0 Å². The number of imidazole rings is 1. The predicted octanol–water partition coefficient (Wildman–Crippen LogP) is 3.01. The molecule has 6 heteroatoms. The molecule has 1 aliphatic rings. The Labute approximate surface area is 123 Å². The van der Waals surface area contributed by atoms with Crippen LogP contribution in [0.5, 0.6) is 0 Å². The van der Waals surface area contributed by atoms with Gasteiger partial charge in [0.05, 0.1) is 25.7 Å². The van der Waals surface area contributed by atoms with Crippen LogP contribution >= 0.6 is 0 Å². The lowest BCUT2D eigenvalue weighted by Crippen LogP contribution is -2.10. The number of carbonyl (C=O) groups is 1. The average molecular weight is 286 g/mol. The third kappa shape index (κ3) is 3.34. The van der Waals surface area contributed by atoms with Gasteiger partial charge in [-0.05, 0) is 37.1 Å². The van der Waals surface area contributed by atoms with Crippen molar-refractivity contribution in [2.45, 2.75) is 25.4 Å². The Kier molecular flexibility index (Phi) is 3.77. The lowest BCUT2D eigenvalue weighted by Gasteiger charge is -2.10. The molecular weight excluding hydrogens is 268 g/mol. The largest absolute Gasteiger partial charge is 0.453 e. The number of methoxy groups -OCH3 is 1. The standard InChI is InChI=1S/C15H18N4O2/c1-21-15(20)18-12-4-2-11(3-5-12)17-9-14-8-16-10-19(14)13-6-7-13/h2-5,8,10,13,17H,6-7,9H2,1H3,(H,18,20). The molecule has 0 saturated heterocycles. The van der Waals surface area contributed by atoms with Crippen LogP contribution in [0.25, 0.3) is 0 Å². The van der Waals surface area contributed by atoms with Gasteiger partial charge in [-0.3, -0.25) is 5.32 Å². The molecule has 2 aromatic rings. The molecule has 1 aliphatic carbocycles. The zero-order chi connectivity index (χ0) is 14.7. The Morgan fingerprint density at radius 1 is 1.33 bits per heavy atom. The summed E-state index contributed by atoms with van der Waals surface area (Å²) in [6.45, 7) is 0.736. The van der Waals surface area contributed by atoms with Gasteiger partial charge in [-0.15, -0.1) is 0 Å². The second-order valence-corrected chi connectivity index (χ2v) is 5.07. The first-order valence-electron chi connectivity index (χ1n) is 6.96. The lowest BCUT2D eigenvalue weighted by atomic mass is 10.2. The minimum atomic E-state index is -0.468. The summed E-state index contributed by atoms with van der Waals surface area (Å²) >= 11 is 0. The second-order valence-electron chi connectivity index (χ2n) is 5.07. The average Bonchev–Trinajstić information content (AvgIpc) is 3.25. The third-order valence-electron chi connectivity index (χ3n) is 3.48. The highest BCUT2D eigenvalue weighted by Crippen LogP contribution is 2.35. The van der Waals surface area contributed by atoms with Gasteiger partial charge in [-0.25, -0.2) is 9.78 Å². The zero-order valence-electron chi connectivity index (χ0n) is 11.9. The van der Waals surface area contributed by atoms with Crippen LogP contribution in [0.1, 0.15) is 24.6 Å². The molecule has 1 saturated carbocycles. The molecule has 0 spiro atoms. The SMILES string of the molecule is COC(=O)Nc1ccc(NCc2cncn2C2CC2)cc1. The van der Waals surface area contributed by atoms with Crippen molar-refractivity contribution < 1.29 is 9.53 Å². The minimum Gasteiger partial charge on any atom is -0.453 e. The van der Waals surface area contributed by atoms with Crippen molar-refractivity contribution in [3.8, 4) is 0 Å². The van der Waals surface area contributed by atoms with Gasteiger partial charge in [0.15, 0.2) is 0 Å². The Hall–Kier alpha value is -2.50. The van der Waals surface area contributed by atoms with E-state index in [0.29, 0.717) is 11.7 Å². The van der Waals surface area contributed by atoms with Crippen LogP contribution in [0.3, 0.4) is 0 Å². The number of anilines is 2. The third-order valence-corrected chi connectivity index (χ3v) is 3.48. The smallest absolute Gasteiger partial charge is 0.411 e. The van der Waals surface area contributed by atoms with Crippen molar-refractivity contribution in [2.24, 2.45) is 0 Å². The molecule has 1 aromatic heterocycles. The highest BCUT2D eigenvalue weighted by atomic mass is 16.5. The molecule has 1 amide bonds. The summed E-state index contributed by atoms with van der Waals surface area (Å²) in [6.07, 6.45) is 5.83. The van der Waals surface area contributed by atoms with Crippen molar-refractivity contribution in [2.75, 3.05) is 17.7 Å². The fourth-order valence-electron chi connectivity index (χ4n) is 2.18. The molecule has 1 heterocycles. The maximum absolute atomic E-state index is 11.1. The minimum absolute atomic E-state index is 0.468. The number of rotatable bonds is 5. The molecule has 0 bridgehead atoms. The van der Waals surface area contributed by atoms with Crippen LogP contribution in [0.15, 0.2) is 36.8 Å². The fraction of sp³-hybridized carbons (Fsp3) is 0.333. The summed E-state index contributed by atoms with van der Waals surface area (Å²) in [4.78, 5) is 15.3. The topological polar surface area (TPSA) is 68.2 Å². The number of amides is 1. The van der Waals surface area contributed by atoms with E-state index in [4.69, 9.17) is 0 Å². The van der Waals surface area contributed by atoms with Gasteiger partial charge in [0.1, 0.15) is 0 Å². The lowest BCUT2D eigenvalue weighted by molar-refractivity contribution is 0.187. The van der Waals surface area contributed by atoms with Crippen LogP contribution < -0.4 is 10.6 Å². The monoisotopic (exact) mass is 286 g/mol. The van der Waals surface area contributed by atoms with E-state index in [1.165, 1.54) is 25.6 Å². The summed E-state index contributed by atoms with van der Waals surface area (Å²) in [5.41, 5.74) is 2.89. The molecule has 110 valence electrons. The molecule has 6 nitrogen and oxygen atoms in total. The molecular formula is C15H18N4O2. The number of hydrogen-bond donors (Lipinski definition) is 2. The van der Waals surface area contributed by atoms with Gasteiger partial charge in [0, 0.05) is 23.6 Å². The fourth-order valence-corrected chi connectivity index (χ4v) is 2.18. The summed E-state index contributed by atoms with van der Waals surface area (Å²) < 4.78 is 6.78. The molecule has 1 fully saturated rings. The van der Waals surface area contributed by atoms with Gasteiger partial charge < -0.3 is 14.6 Å². The highest BCUT2D eigenvalue weighted by molar-refractivity contribution is 5.84. The van der Waals surface area contributed by atoms with E-state index in [1.807, 2.05) is 36.8 Å². The molecule has 2 N–H and O–H groups in total. The first kappa shape index (κ1) is 13.5. The number of hydrogen-bond acceptors (Lipinski definition) is 4. The number of aromatic nitrogens is 2. The second kappa shape index (κ2) is 5.87. The van der Waals surface area contributed by atoms with E-state index in [9.17, 15) is 4.79 Å². The first-order chi connectivity index (χ1) is 10.3. The summed E-state index contributed by atoms with van der Waals surface area (Å²) in [5.74, 6) is 0. The van der Waals surface area contributed by atoms with Crippen LogP contribution in [-0.2, 0) is 11.3 Å². The van der Waals surface area contributed by atoms with Crippen molar-refractivity contribution in [3.63, 3.8) is 0 Å². The maximum atomic E-state index is 11.1. The number of nitrogens with zero attached hydrogens (tertiary/aromatic N) is 2. The Morgan fingerprint density at radius 2 is 2.05 bits per heavy atom. The van der Waals surface area contributed by atoms with Crippen LogP contribution in [-0.4, -0.2) is 22.8 Å². The number of benzene rings is 1. The molecule has 21 heavy (non-hydrogen) atoms. The Bertz CT molecular complexity index is 617. The first-order valence-corrected chi connectivity index (χ1v) is 6.96. The maximum Gasteiger partial charge on any atom is 0.411 e. The van der Waals surface area contributed by atoms with Crippen LogP contribution in [0.4, 0.5) is 16.2 Å². The molecule has 0 unspecified atom stereocenters. The number of nitrogens with one attached hydrogen (secondary N) is 2. The van der Waals surface area contributed by atoms with E-state index >= 15 is 0 Å². The number of ether oxygens (including phenoxy) is 1. The molecule has 0 aliphatic heterocycles. The van der Waals surface area contributed by atoms with Gasteiger partial charge in [0.2, 0.25) is 0 Å².